The minimum atomic E-state index is -0.743. The summed E-state index contributed by atoms with van der Waals surface area (Å²) in [7, 11) is 0. The Kier molecular flexibility index (Phi) is 8.32. The number of nitrogen functional groups attached to an aromatic ring is 2. The van der Waals surface area contributed by atoms with Crippen molar-refractivity contribution in [3.05, 3.63) is 57.6 Å². The van der Waals surface area contributed by atoms with Crippen molar-refractivity contribution < 1.29 is 22.0 Å². The summed E-state index contributed by atoms with van der Waals surface area (Å²) in [5, 5.41) is 5.88. The molecule has 8 nitrogen and oxygen atoms in total. The smallest absolute Gasteiger partial charge is 0.308 e. The van der Waals surface area contributed by atoms with Crippen LogP contribution in [0.25, 0.3) is 0 Å². The molecule has 0 bridgehead atoms. The third-order valence-electron chi connectivity index (χ3n) is 3.95. The maximum atomic E-state index is 12.4. The Balaban J connectivity index is 0.00000480. The zero-order chi connectivity index (χ0) is 22.3. The Morgan fingerprint density at radius 3 is 2.20 bits per heavy atom. The average molecular weight is 457 g/mol. The third kappa shape index (κ3) is 7.13. The predicted molar refractivity (Wildman–Crippen MR) is 120 cm³/mol. The molecule has 0 aliphatic carbocycles. The van der Waals surface area contributed by atoms with E-state index in [1.807, 2.05) is 0 Å². The van der Waals surface area contributed by atoms with Crippen molar-refractivity contribution in [2.75, 3.05) is 24.6 Å². The van der Waals surface area contributed by atoms with Crippen molar-refractivity contribution in [2.24, 2.45) is 0 Å². The maximum absolute atomic E-state index is 12.4. The van der Waals surface area contributed by atoms with Gasteiger partial charge in [-0.2, -0.15) is 0 Å². The SMILES string of the molecule is CCOC(=O)CC(NC(=O)CNC(=O)c1cc(N)cc(N)c1)c1cc(Cl)cc(Cl)c1.[HH].[HH]. The second kappa shape index (κ2) is 10.7. The lowest BCUT2D eigenvalue weighted by Crippen LogP contribution is -2.39. The standard InChI is InChI=1S/C20H22Cl2N4O4.2H2/c1-2-30-19(28)9-17(11-3-13(21)7-14(22)4-11)26-18(27)10-25-20(29)12-5-15(23)8-16(24)6-12;;/h3-8,17H,2,9-10,23-24H2,1H3,(H,25,29)(H,26,27);2*1H. The van der Waals surface area contributed by atoms with Crippen LogP contribution in [-0.2, 0) is 14.3 Å². The highest BCUT2D eigenvalue weighted by Crippen LogP contribution is 2.25. The predicted octanol–water partition coefficient (Wildman–Crippen LogP) is 3.19. The molecular formula is C20H26Cl2N4O4. The highest BCUT2D eigenvalue weighted by Gasteiger charge is 2.21. The molecule has 6 N–H and O–H groups in total. The van der Waals surface area contributed by atoms with Gasteiger partial charge in [0.1, 0.15) is 0 Å². The minimum Gasteiger partial charge on any atom is -0.466 e. The summed E-state index contributed by atoms with van der Waals surface area (Å²) >= 11 is 12.1. The minimum absolute atomic E-state index is 0. The fraction of sp³-hybridized carbons (Fsp3) is 0.250. The number of ether oxygens (including phenoxy) is 1. The molecule has 0 saturated carbocycles. The third-order valence-corrected chi connectivity index (χ3v) is 4.38. The molecule has 2 rings (SSSR count). The van der Waals surface area contributed by atoms with Crippen LogP contribution in [0.2, 0.25) is 10.0 Å². The van der Waals surface area contributed by atoms with Crippen LogP contribution in [0.3, 0.4) is 0 Å². The molecule has 30 heavy (non-hydrogen) atoms. The fourth-order valence-corrected chi connectivity index (χ4v) is 3.27. The van der Waals surface area contributed by atoms with Crippen molar-refractivity contribution in [1.82, 2.24) is 10.6 Å². The number of rotatable bonds is 8. The van der Waals surface area contributed by atoms with Gasteiger partial charge in [0.15, 0.2) is 0 Å². The lowest BCUT2D eigenvalue weighted by molar-refractivity contribution is -0.143. The molecule has 0 saturated heterocycles. The Labute approximate surface area is 186 Å². The highest BCUT2D eigenvalue weighted by atomic mass is 35.5. The van der Waals surface area contributed by atoms with Crippen LogP contribution in [0.5, 0.6) is 0 Å². The number of amides is 2. The number of anilines is 2. The van der Waals surface area contributed by atoms with Crippen molar-refractivity contribution in [1.29, 1.82) is 0 Å². The first kappa shape index (κ1) is 23.3. The van der Waals surface area contributed by atoms with Gasteiger partial charge in [-0.1, -0.05) is 23.2 Å². The molecule has 0 spiro atoms. The number of esters is 1. The van der Waals surface area contributed by atoms with E-state index in [-0.39, 0.29) is 28.0 Å². The lowest BCUT2D eigenvalue weighted by atomic mass is 10.0. The van der Waals surface area contributed by atoms with Gasteiger partial charge in [-0.05, 0) is 48.9 Å². The summed E-state index contributed by atoms with van der Waals surface area (Å²) < 4.78 is 4.96. The summed E-state index contributed by atoms with van der Waals surface area (Å²) in [6.45, 7) is 1.55. The molecule has 0 aliphatic heterocycles. The van der Waals surface area contributed by atoms with Gasteiger partial charge in [-0.25, -0.2) is 0 Å². The molecule has 2 aromatic rings. The van der Waals surface area contributed by atoms with Crippen LogP contribution in [0.4, 0.5) is 11.4 Å². The van der Waals surface area contributed by atoms with Crippen LogP contribution >= 0.6 is 23.2 Å². The first-order chi connectivity index (χ1) is 14.2. The average Bonchev–Trinajstić information content (AvgIpc) is 2.64. The van der Waals surface area contributed by atoms with Gasteiger partial charge in [-0.3, -0.25) is 14.4 Å². The van der Waals surface area contributed by atoms with Crippen LogP contribution in [0.15, 0.2) is 36.4 Å². The Morgan fingerprint density at radius 1 is 1.03 bits per heavy atom. The molecule has 0 aliphatic rings. The molecule has 0 aromatic heterocycles. The number of hydrogen-bond acceptors (Lipinski definition) is 6. The van der Waals surface area contributed by atoms with E-state index < -0.39 is 23.8 Å². The summed E-state index contributed by atoms with van der Waals surface area (Å²) in [6, 6.07) is 8.37. The van der Waals surface area contributed by atoms with Gasteiger partial charge in [-0.15, -0.1) is 0 Å². The number of nitrogens with one attached hydrogen (secondary N) is 2. The second-order valence-electron chi connectivity index (χ2n) is 6.40. The fourth-order valence-electron chi connectivity index (χ4n) is 2.73. The number of hydrogen-bond donors (Lipinski definition) is 4. The number of benzene rings is 2. The van der Waals surface area contributed by atoms with Gasteiger partial charge >= 0.3 is 5.97 Å². The van der Waals surface area contributed by atoms with E-state index in [4.69, 9.17) is 39.4 Å². The van der Waals surface area contributed by atoms with Crippen molar-refractivity contribution in [2.45, 2.75) is 19.4 Å². The van der Waals surface area contributed by atoms with E-state index in [1.165, 1.54) is 24.3 Å². The molecule has 2 amide bonds. The molecule has 1 atom stereocenters. The monoisotopic (exact) mass is 456 g/mol. The first-order valence-corrected chi connectivity index (χ1v) is 9.78. The number of carbonyl (C=O) groups excluding carboxylic acids is 3. The van der Waals surface area contributed by atoms with Crippen molar-refractivity contribution in [3.63, 3.8) is 0 Å². The van der Waals surface area contributed by atoms with E-state index in [0.717, 1.165) is 0 Å². The molecule has 0 radical (unpaired) electrons. The largest absolute Gasteiger partial charge is 0.466 e. The Hall–Kier alpha value is -2.97. The van der Waals surface area contributed by atoms with Gasteiger partial charge in [0.2, 0.25) is 5.91 Å². The molecule has 2 aromatic carbocycles. The Bertz CT molecular complexity index is 923. The van der Waals surface area contributed by atoms with E-state index in [2.05, 4.69) is 10.6 Å². The molecule has 164 valence electrons. The van der Waals surface area contributed by atoms with E-state index in [1.54, 1.807) is 19.1 Å². The maximum Gasteiger partial charge on any atom is 0.308 e. The van der Waals surface area contributed by atoms with Gasteiger partial charge in [0, 0.05) is 29.8 Å². The topological polar surface area (TPSA) is 137 Å². The van der Waals surface area contributed by atoms with Gasteiger partial charge in [0.05, 0.1) is 25.6 Å². The molecule has 1 unspecified atom stereocenters. The quantitative estimate of drug-likeness (QED) is 0.355. The molecular weight excluding hydrogens is 431 g/mol. The second-order valence-corrected chi connectivity index (χ2v) is 7.28. The zero-order valence-electron chi connectivity index (χ0n) is 16.2. The zero-order valence-corrected chi connectivity index (χ0v) is 17.7. The van der Waals surface area contributed by atoms with Crippen LogP contribution < -0.4 is 22.1 Å². The summed E-state index contributed by atoms with van der Waals surface area (Å²) in [4.78, 5) is 36.6. The van der Waals surface area contributed by atoms with E-state index in [9.17, 15) is 14.4 Å². The summed E-state index contributed by atoms with van der Waals surface area (Å²) in [6.07, 6.45) is -0.129. The molecule has 10 heteroatoms. The van der Waals surface area contributed by atoms with Crippen molar-refractivity contribution in [3.8, 4) is 0 Å². The molecule has 0 heterocycles. The first-order valence-electron chi connectivity index (χ1n) is 9.03. The van der Waals surface area contributed by atoms with E-state index in [0.29, 0.717) is 27.0 Å². The summed E-state index contributed by atoms with van der Waals surface area (Å²) in [5.74, 6) is -1.54. The molecule has 0 fully saturated rings. The van der Waals surface area contributed by atoms with Gasteiger partial charge < -0.3 is 26.8 Å². The number of carbonyl (C=O) groups is 3. The number of halogens is 2. The van der Waals surface area contributed by atoms with Crippen molar-refractivity contribution >= 4 is 52.4 Å². The van der Waals surface area contributed by atoms with Crippen LogP contribution in [-0.4, -0.2) is 30.9 Å². The van der Waals surface area contributed by atoms with Crippen LogP contribution in [0.1, 0.15) is 38.2 Å². The summed E-state index contributed by atoms with van der Waals surface area (Å²) in [5.41, 5.74) is 12.8. The number of nitrogens with two attached hydrogens (primary N) is 2. The van der Waals surface area contributed by atoms with E-state index >= 15 is 0 Å². The van der Waals surface area contributed by atoms with Gasteiger partial charge in [0.25, 0.3) is 5.91 Å². The lowest BCUT2D eigenvalue weighted by Gasteiger charge is -2.19. The highest BCUT2D eigenvalue weighted by molar-refractivity contribution is 6.34. The van der Waals surface area contributed by atoms with Crippen LogP contribution in [0, 0.1) is 0 Å². The Morgan fingerprint density at radius 2 is 1.63 bits per heavy atom. The normalized spacial score (nSPS) is 11.4.